The van der Waals surface area contributed by atoms with E-state index in [1.807, 2.05) is 36.4 Å². The highest BCUT2D eigenvalue weighted by Gasteiger charge is 2.04. The predicted molar refractivity (Wildman–Crippen MR) is 56.7 cm³/mol. The molecule has 0 fully saturated rings. The summed E-state index contributed by atoms with van der Waals surface area (Å²) in [5, 5.41) is 8.16. The lowest BCUT2D eigenvalue weighted by atomic mass is 10.3. The number of aromatic nitrogens is 4. The third kappa shape index (κ3) is 1.27. The Morgan fingerprint density at radius 3 is 2.73 bits per heavy atom. The van der Waals surface area contributed by atoms with Gasteiger partial charge in [0.2, 0.25) is 0 Å². The first kappa shape index (κ1) is 8.11. The van der Waals surface area contributed by atoms with Crippen molar-refractivity contribution in [1.29, 1.82) is 0 Å². The molecule has 0 saturated carbocycles. The molecule has 0 aliphatic carbocycles. The zero-order valence-electron chi connectivity index (χ0n) is 7.91. The molecular formula is C11H8N4. The summed E-state index contributed by atoms with van der Waals surface area (Å²) in [4.78, 5) is 4.07. The summed E-state index contributed by atoms with van der Waals surface area (Å²) in [6.07, 6.45) is 3.48. The summed E-state index contributed by atoms with van der Waals surface area (Å²) in [5.41, 5.74) is 2.77. The van der Waals surface area contributed by atoms with Crippen LogP contribution in [0.1, 0.15) is 0 Å². The smallest absolute Gasteiger partial charge is 0.116 e. The fraction of sp³-hybridized carbons (Fsp3) is 0. The van der Waals surface area contributed by atoms with Crippen LogP contribution in [0.25, 0.3) is 16.7 Å². The minimum Gasteiger partial charge on any atom is -0.262 e. The van der Waals surface area contributed by atoms with Crippen LogP contribution in [0.5, 0.6) is 0 Å². The monoisotopic (exact) mass is 196 g/mol. The Kier molecular flexibility index (Phi) is 1.71. The lowest BCUT2D eigenvalue weighted by Gasteiger charge is -1.99. The highest BCUT2D eigenvalue weighted by molar-refractivity contribution is 5.74. The first-order chi connectivity index (χ1) is 7.45. The first-order valence-corrected chi connectivity index (χ1v) is 4.66. The number of pyridine rings is 1. The van der Waals surface area contributed by atoms with E-state index in [4.69, 9.17) is 0 Å². The van der Waals surface area contributed by atoms with Crippen molar-refractivity contribution in [2.24, 2.45) is 0 Å². The highest BCUT2D eigenvalue weighted by atomic mass is 15.4. The van der Waals surface area contributed by atoms with Crippen molar-refractivity contribution in [3.63, 3.8) is 0 Å². The average Bonchev–Trinajstić information content (AvgIpc) is 2.74. The van der Waals surface area contributed by atoms with Crippen LogP contribution in [0.15, 0.2) is 48.8 Å². The van der Waals surface area contributed by atoms with Crippen molar-refractivity contribution in [2.45, 2.75) is 0 Å². The van der Waals surface area contributed by atoms with E-state index in [0.717, 1.165) is 16.7 Å². The van der Waals surface area contributed by atoms with Gasteiger partial charge in [0, 0.05) is 6.20 Å². The highest BCUT2D eigenvalue weighted by Crippen LogP contribution is 2.13. The van der Waals surface area contributed by atoms with Gasteiger partial charge < -0.3 is 0 Å². The third-order valence-electron chi connectivity index (χ3n) is 2.25. The minimum absolute atomic E-state index is 0.855. The van der Waals surface area contributed by atoms with Gasteiger partial charge in [-0.15, -0.1) is 5.10 Å². The lowest BCUT2D eigenvalue weighted by Crippen LogP contribution is -1.95. The molecule has 0 unspecified atom stereocenters. The standard InChI is InChI=1S/C11H8N4/c1-2-4-9(5-3-1)15-11-8-12-7-6-10(11)13-14-15/h1-8H. The van der Waals surface area contributed by atoms with Crippen LogP contribution in [0.4, 0.5) is 0 Å². The molecule has 0 radical (unpaired) electrons. The molecule has 2 heterocycles. The average molecular weight is 196 g/mol. The Balaban J connectivity index is 2.28. The topological polar surface area (TPSA) is 43.6 Å². The van der Waals surface area contributed by atoms with Crippen LogP contribution in [0, 0.1) is 0 Å². The molecule has 2 aromatic heterocycles. The number of benzene rings is 1. The van der Waals surface area contributed by atoms with Crippen molar-refractivity contribution < 1.29 is 0 Å². The van der Waals surface area contributed by atoms with Gasteiger partial charge in [0.1, 0.15) is 11.0 Å². The Hall–Kier alpha value is -2.23. The van der Waals surface area contributed by atoms with E-state index in [2.05, 4.69) is 15.3 Å². The van der Waals surface area contributed by atoms with Crippen LogP contribution in [-0.4, -0.2) is 20.0 Å². The van der Waals surface area contributed by atoms with Crippen LogP contribution in [0.3, 0.4) is 0 Å². The molecule has 0 spiro atoms. The van der Waals surface area contributed by atoms with E-state index in [-0.39, 0.29) is 0 Å². The largest absolute Gasteiger partial charge is 0.262 e. The molecule has 0 aliphatic rings. The van der Waals surface area contributed by atoms with E-state index < -0.39 is 0 Å². The summed E-state index contributed by atoms with van der Waals surface area (Å²) in [5.74, 6) is 0. The molecule has 72 valence electrons. The molecule has 0 aliphatic heterocycles. The van der Waals surface area contributed by atoms with E-state index in [1.54, 1.807) is 17.1 Å². The molecule has 0 N–H and O–H groups in total. The van der Waals surface area contributed by atoms with E-state index >= 15 is 0 Å². The second-order valence-corrected chi connectivity index (χ2v) is 3.20. The van der Waals surface area contributed by atoms with Crippen LogP contribution in [-0.2, 0) is 0 Å². The Labute approximate surface area is 86.2 Å². The lowest BCUT2D eigenvalue weighted by molar-refractivity contribution is 0.823. The van der Waals surface area contributed by atoms with E-state index in [9.17, 15) is 0 Å². The second-order valence-electron chi connectivity index (χ2n) is 3.20. The first-order valence-electron chi connectivity index (χ1n) is 4.66. The quantitative estimate of drug-likeness (QED) is 0.596. The van der Waals surface area contributed by atoms with Gasteiger partial charge in [-0.2, -0.15) is 0 Å². The maximum absolute atomic E-state index is 4.09. The fourth-order valence-electron chi connectivity index (χ4n) is 1.53. The van der Waals surface area contributed by atoms with Crippen LogP contribution >= 0.6 is 0 Å². The summed E-state index contributed by atoms with van der Waals surface area (Å²) in [6.45, 7) is 0. The van der Waals surface area contributed by atoms with Gasteiger partial charge in [-0.25, -0.2) is 4.68 Å². The Morgan fingerprint density at radius 2 is 1.87 bits per heavy atom. The summed E-state index contributed by atoms with van der Waals surface area (Å²) < 4.78 is 1.78. The van der Waals surface area contributed by atoms with Gasteiger partial charge in [-0.05, 0) is 18.2 Å². The van der Waals surface area contributed by atoms with Gasteiger partial charge in [-0.1, -0.05) is 23.4 Å². The molecule has 3 rings (SSSR count). The number of nitrogens with zero attached hydrogens (tertiary/aromatic N) is 4. The molecule has 4 nitrogen and oxygen atoms in total. The normalized spacial score (nSPS) is 10.7. The number of rotatable bonds is 1. The molecule has 0 atom stereocenters. The van der Waals surface area contributed by atoms with Gasteiger partial charge in [0.25, 0.3) is 0 Å². The molecule has 0 saturated heterocycles. The second kappa shape index (κ2) is 3.16. The predicted octanol–water partition coefficient (Wildman–Crippen LogP) is 1.82. The van der Waals surface area contributed by atoms with Gasteiger partial charge in [0.05, 0.1) is 11.9 Å². The summed E-state index contributed by atoms with van der Waals surface area (Å²) in [7, 11) is 0. The number of hydrogen-bond acceptors (Lipinski definition) is 3. The van der Waals surface area contributed by atoms with Crippen molar-refractivity contribution in [2.75, 3.05) is 0 Å². The van der Waals surface area contributed by atoms with Crippen molar-refractivity contribution in [3.8, 4) is 5.69 Å². The van der Waals surface area contributed by atoms with Crippen molar-refractivity contribution >= 4 is 11.0 Å². The third-order valence-corrected chi connectivity index (χ3v) is 2.25. The summed E-state index contributed by atoms with van der Waals surface area (Å²) >= 11 is 0. The fourth-order valence-corrected chi connectivity index (χ4v) is 1.53. The molecule has 15 heavy (non-hydrogen) atoms. The van der Waals surface area contributed by atoms with Crippen LogP contribution < -0.4 is 0 Å². The van der Waals surface area contributed by atoms with Crippen LogP contribution in [0.2, 0.25) is 0 Å². The summed E-state index contributed by atoms with van der Waals surface area (Å²) in [6, 6.07) is 11.7. The molecule has 0 amide bonds. The van der Waals surface area contributed by atoms with E-state index in [0.29, 0.717) is 0 Å². The van der Waals surface area contributed by atoms with Gasteiger partial charge >= 0.3 is 0 Å². The van der Waals surface area contributed by atoms with E-state index in [1.165, 1.54) is 0 Å². The zero-order valence-corrected chi connectivity index (χ0v) is 7.91. The Bertz CT molecular complexity index is 586. The number of para-hydroxylation sites is 1. The molecule has 1 aromatic carbocycles. The molecule has 3 aromatic rings. The number of fused-ring (bicyclic) bond motifs is 1. The van der Waals surface area contributed by atoms with Gasteiger partial charge in [-0.3, -0.25) is 4.98 Å². The molecule has 4 heteroatoms. The SMILES string of the molecule is c1ccc(-n2nnc3ccncc32)cc1. The number of hydrogen-bond donors (Lipinski definition) is 0. The molecular weight excluding hydrogens is 188 g/mol. The Morgan fingerprint density at radius 1 is 1.00 bits per heavy atom. The molecule has 0 bridgehead atoms. The minimum atomic E-state index is 0.855. The van der Waals surface area contributed by atoms with Crippen molar-refractivity contribution in [3.05, 3.63) is 48.8 Å². The maximum Gasteiger partial charge on any atom is 0.116 e. The zero-order chi connectivity index (χ0) is 10.1. The van der Waals surface area contributed by atoms with Crippen molar-refractivity contribution in [1.82, 2.24) is 20.0 Å². The maximum atomic E-state index is 4.09. The van der Waals surface area contributed by atoms with Gasteiger partial charge in [0.15, 0.2) is 0 Å².